The van der Waals surface area contributed by atoms with Gasteiger partial charge in [0, 0.05) is 11.2 Å². The molecule has 0 saturated carbocycles. The van der Waals surface area contributed by atoms with Crippen LogP contribution in [0.5, 0.6) is 0 Å². The van der Waals surface area contributed by atoms with Gasteiger partial charge in [-0.25, -0.2) is 0 Å². The fourth-order valence-electron chi connectivity index (χ4n) is 0.734. The van der Waals surface area contributed by atoms with E-state index in [1.165, 1.54) is 10.8 Å². The largest absolute Gasteiger partial charge is 0.370 e. The van der Waals surface area contributed by atoms with Crippen LogP contribution < -0.4 is 5.73 Å². The second kappa shape index (κ2) is 4.93. The summed E-state index contributed by atoms with van der Waals surface area (Å²) in [6.45, 7) is 4.21. The van der Waals surface area contributed by atoms with Gasteiger partial charge in [-0.15, -0.1) is 11.7 Å². The molecule has 1 amide bonds. The third kappa shape index (κ3) is 6.56. The molecule has 0 saturated heterocycles. The molecule has 0 aromatic rings. The highest BCUT2D eigenvalue weighted by molar-refractivity contribution is 8.69. The smallest absolute Gasteiger partial charge is 0.217 e. The monoisotopic (exact) mass is 193 g/mol. The van der Waals surface area contributed by atoms with E-state index in [4.69, 9.17) is 5.73 Å². The summed E-state index contributed by atoms with van der Waals surface area (Å²) < 4.78 is 0.151. The summed E-state index contributed by atoms with van der Waals surface area (Å²) in [5, 5.41) is 0. The van der Waals surface area contributed by atoms with Crippen LogP contribution in [0.25, 0.3) is 0 Å². The summed E-state index contributed by atoms with van der Waals surface area (Å²) in [6, 6.07) is 0. The normalized spacial score (nSPS) is 11.5. The van der Waals surface area contributed by atoms with Crippen LogP contribution in [0, 0.1) is 0 Å². The van der Waals surface area contributed by atoms with Gasteiger partial charge in [-0.1, -0.05) is 10.8 Å². The summed E-state index contributed by atoms with van der Waals surface area (Å²) in [6.07, 6.45) is 2.32. The van der Waals surface area contributed by atoms with Gasteiger partial charge in [-0.3, -0.25) is 4.79 Å². The molecular weight excluding hydrogens is 178 g/mol. The Hall–Kier alpha value is 0.170. The zero-order chi connectivity index (χ0) is 8.91. The minimum Gasteiger partial charge on any atom is -0.370 e. The molecule has 0 unspecified atom stereocenters. The predicted octanol–water partition coefficient (Wildman–Crippen LogP) is 2.00. The third-order valence-corrected chi connectivity index (χ3v) is 3.63. The number of hydrogen-bond acceptors (Lipinski definition) is 3. The van der Waals surface area contributed by atoms with Gasteiger partial charge in [0.15, 0.2) is 0 Å². The van der Waals surface area contributed by atoms with Gasteiger partial charge in [-0.05, 0) is 26.7 Å². The Bertz CT molecular complexity index is 136. The summed E-state index contributed by atoms with van der Waals surface area (Å²) >= 11 is 4.13. The molecule has 0 bridgehead atoms. The number of rotatable bonds is 5. The maximum Gasteiger partial charge on any atom is 0.217 e. The molecule has 0 rings (SSSR count). The highest BCUT2D eigenvalue weighted by Crippen LogP contribution is 2.32. The molecule has 0 aliphatic rings. The molecular formula is C7H15NOS2. The van der Waals surface area contributed by atoms with Crippen molar-refractivity contribution in [2.75, 3.05) is 0 Å². The van der Waals surface area contributed by atoms with Gasteiger partial charge in [0.05, 0.1) is 0 Å². The van der Waals surface area contributed by atoms with E-state index in [2.05, 4.69) is 25.5 Å². The van der Waals surface area contributed by atoms with Crippen molar-refractivity contribution in [3.63, 3.8) is 0 Å². The highest BCUT2D eigenvalue weighted by atomic mass is 33.1. The van der Waals surface area contributed by atoms with Crippen molar-refractivity contribution in [1.29, 1.82) is 0 Å². The molecule has 0 aliphatic heterocycles. The fraction of sp³-hybridized carbons (Fsp3) is 0.857. The summed E-state index contributed by atoms with van der Waals surface area (Å²) in [4.78, 5) is 10.4. The molecule has 0 fully saturated rings. The van der Waals surface area contributed by atoms with Crippen LogP contribution in [0.3, 0.4) is 0 Å². The van der Waals surface area contributed by atoms with Crippen molar-refractivity contribution in [2.45, 2.75) is 37.9 Å². The zero-order valence-electron chi connectivity index (χ0n) is 6.96. The van der Waals surface area contributed by atoms with Crippen LogP contribution in [0.4, 0.5) is 0 Å². The van der Waals surface area contributed by atoms with Gasteiger partial charge in [0.1, 0.15) is 0 Å². The number of carbonyl (C=O) groups excluding carboxylic acids is 1. The Kier molecular flexibility index (Phi) is 5.01. The first-order valence-corrected chi connectivity index (χ1v) is 5.46. The van der Waals surface area contributed by atoms with E-state index in [-0.39, 0.29) is 10.7 Å². The lowest BCUT2D eigenvalue weighted by Crippen LogP contribution is -2.15. The minimum atomic E-state index is -0.218. The van der Waals surface area contributed by atoms with E-state index in [0.29, 0.717) is 6.42 Å². The number of hydrogen-bond donors (Lipinski definition) is 2. The van der Waals surface area contributed by atoms with Crippen molar-refractivity contribution in [1.82, 2.24) is 0 Å². The number of carbonyl (C=O) groups is 1. The topological polar surface area (TPSA) is 43.1 Å². The van der Waals surface area contributed by atoms with E-state index >= 15 is 0 Å². The Balaban J connectivity index is 3.45. The Morgan fingerprint density at radius 3 is 2.55 bits per heavy atom. The SMILES string of the molecule is CC(C)(CCCC(N)=O)SS. The van der Waals surface area contributed by atoms with Crippen LogP contribution in [0.2, 0.25) is 0 Å². The lowest BCUT2D eigenvalue weighted by Gasteiger charge is -2.19. The van der Waals surface area contributed by atoms with Crippen molar-refractivity contribution in [2.24, 2.45) is 5.73 Å². The average Bonchev–Trinajstić information content (AvgIpc) is 1.87. The average molecular weight is 193 g/mol. The summed E-state index contributed by atoms with van der Waals surface area (Å²) in [5.74, 6) is -0.218. The first kappa shape index (κ1) is 11.2. The lowest BCUT2D eigenvalue weighted by atomic mass is 10.1. The van der Waals surface area contributed by atoms with Crippen LogP contribution in [-0.4, -0.2) is 10.7 Å². The molecule has 2 N–H and O–H groups in total. The molecule has 0 radical (unpaired) electrons. The summed E-state index contributed by atoms with van der Waals surface area (Å²) in [7, 11) is 1.52. The van der Waals surface area contributed by atoms with Gasteiger partial charge in [-0.2, -0.15) is 0 Å². The van der Waals surface area contributed by atoms with Crippen molar-refractivity contribution < 1.29 is 4.79 Å². The molecule has 0 aromatic heterocycles. The van der Waals surface area contributed by atoms with Crippen LogP contribution in [0.1, 0.15) is 33.1 Å². The standard InChI is InChI=1S/C7H15NOS2/c1-7(2,11-10)5-3-4-6(8)9/h10H,3-5H2,1-2H3,(H2,8,9). The van der Waals surface area contributed by atoms with Crippen LogP contribution >= 0.6 is 22.5 Å². The number of thiol groups is 1. The second-order valence-corrected chi connectivity index (χ2v) is 5.01. The molecule has 0 aliphatic carbocycles. The van der Waals surface area contributed by atoms with E-state index in [1.807, 2.05) is 0 Å². The van der Waals surface area contributed by atoms with Gasteiger partial charge >= 0.3 is 0 Å². The van der Waals surface area contributed by atoms with Gasteiger partial charge in [0.25, 0.3) is 0 Å². The summed E-state index contributed by atoms with van der Waals surface area (Å²) in [5.41, 5.74) is 5.00. The van der Waals surface area contributed by atoms with E-state index in [0.717, 1.165) is 12.8 Å². The van der Waals surface area contributed by atoms with Crippen molar-refractivity contribution >= 4 is 28.4 Å². The Morgan fingerprint density at radius 1 is 1.64 bits per heavy atom. The molecule has 0 atom stereocenters. The predicted molar refractivity (Wildman–Crippen MR) is 53.7 cm³/mol. The minimum absolute atomic E-state index is 0.151. The molecule has 4 heteroatoms. The van der Waals surface area contributed by atoms with E-state index < -0.39 is 0 Å². The number of nitrogens with two attached hydrogens (primary N) is 1. The Morgan fingerprint density at radius 2 is 2.18 bits per heavy atom. The molecule has 66 valence electrons. The first-order chi connectivity index (χ1) is 4.98. The quantitative estimate of drug-likeness (QED) is 0.518. The first-order valence-electron chi connectivity index (χ1n) is 3.59. The number of amides is 1. The second-order valence-electron chi connectivity index (χ2n) is 3.17. The molecule has 0 spiro atoms. The molecule has 0 aromatic carbocycles. The third-order valence-electron chi connectivity index (χ3n) is 1.45. The van der Waals surface area contributed by atoms with E-state index in [9.17, 15) is 4.79 Å². The maximum absolute atomic E-state index is 10.4. The van der Waals surface area contributed by atoms with Crippen molar-refractivity contribution in [3.8, 4) is 0 Å². The fourth-order valence-corrected chi connectivity index (χ4v) is 1.24. The zero-order valence-corrected chi connectivity index (χ0v) is 8.67. The highest BCUT2D eigenvalue weighted by Gasteiger charge is 2.15. The lowest BCUT2D eigenvalue weighted by molar-refractivity contribution is -0.118. The van der Waals surface area contributed by atoms with Gasteiger partial charge < -0.3 is 5.73 Å². The number of primary amides is 1. The van der Waals surface area contributed by atoms with E-state index in [1.54, 1.807) is 0 Å². The molecule has 11 heavy (non-hydrogen) atoms. The maximum atomic E-state index is 10.4. The van der Waals surface area contributed by atoms with Crippen LogP contribution in [0.15, 0.2) is 0 Å². The molecule has 0 heterocycles. The van der Waals surface area contributed by atoms with Gasteiger partial charge in [0.2, 0.25) is 5.91 Å². The van der Waals surface area contributed by atoms with Crippen LogP contribution in [-0.2, 0) is 4.79 Å². The molecule has 2 nitrogen and oxygen atoms in total. The Labute approximate surface area is 77.1 Å². The van der Waals surface area contributed by atoms with Crippen molar-refractivity contribution in [3.05, 3.63) is 0 Å².